The highest BCUT2D eigenvalue weighted by Gasteiger charge is 1.99. The second kappa shape index (κ2) is 8.39. The Morgan fingerprint density at radius 2 is 2.19 bits per heavy atom. The molecule has 3 N–H and O–H groups in total. The van der Waals surface area contributed by atoms with Crippen molar-refractivity contribution >= 4 is 29.9 Å². The summed E-state index contributed by atoms with van der Waals surface area (Å²) in [5.41, 5.74) is 6.37. The normalized spacial score (nSPS) is 9.38. The van der Waals surface area contributed by atoms with Gasteiger partial charge in [-0.15, -0.1) is 12.4 Å². The topological polar surface area (TPSA) is 55.1 Å². The molecule has 0 aliphatic carbocycles. The largest absolute Gasteiger partial charge is 0.356 e. The van der Waals surface area contributed by atoms with Gasteiger partial charge < -0.3 is 11.1 Å². The van der Waals surface area contributed by atoms with Crippen LogP contribution in [0.2, 0.25) is 5.02 Å². The Balaban J connectivity index is 0.00000225. The van der Waals surface area contributed by atoms with Crippen LogP contribution in [0.4, 0.5) is 0 Å². The number of rotatable bonds is 5. The van der Waals surface area contributed by atoms with Crippen molar-refractivity contribution < 1.29 is 4.79 Å². The number of carbonyl (C=O) groups excluding carboxylic acids is 1. The van der Waals surface area contributed by atoms with Crippen molar-refractivity contribution in [2.45, 2.75) is 12.8 Å². The Morgan fingerprint density at radius 3 is 2.81 bits per heavy atom. The summed E-state index contributed by atoms with van der Waals surface area (Å²) in [6, 6.07) is 7.62. The first-order valence-corrected chi connectivity index (χ1v) is 5.31. The first-order valence-electron chi connectivity index (χ1n) is 4.93. The second-order valence-corrected chi connectivity index (χ2v) is 3.70. The van der Waals surface area contributed by atoms with Crippen LogP contribution in [0, 0.1) is 0 Å². The molecule has 1 aromatic carbocycles. The van der Waals surface area contributed by atoms with Gasteiger partial charge in [-0.05, 0) is 24.1 Å². The molecule has 1 amide bonds. The van der Waals surface area contributed by atoms with Gasteiger partial charge in [-0.1, -0.05) is 23.7 Å². The molecular formula is C11H16Cl2N2O. The number of halogens is 2. The highest BCUT2D eigenvalue weighted by molar-refractivity contribution is 6.30. The van der Waals surface area contributed by atoms with Gasteiger partial charge in [0.15, 0.2) is 0 Å². The third-order valence-corrected chi connectivity index (χ3v) is 2.23. The molecule has 0 saturated carbocycles. The summed E-state index contributed by atoms with van der Waals surface area (Å²) in [6.45, 7) is 1.02. The zero-order chi connectivity index (χ0) is 11.1. The molecule has 0 atom stereocenters. The Bertz CT molecular complexity index is 332. The molecular weight excluding hydrogens is 247 g/mol. The standard InChI is InChI=1S/C11H15ClN2O.ClH/c12-10-3-1-2-9(8-10)5-7-14-11(15)4-6-13;/h1-3,8H,4-7,13H2,(H,14,15);1H. The number of amides is 1. The summed E-state index contributed by atoms with van der Waals surface area (Å²) in [5, 5.41) is 3.51. The van der Waals surface area contributed by atoms with Crippen LogP contribution in [0.3, 0.4) is 0 Å². The van der Waals surface area contributed by atoms with Gasteiger partial charge in [-0.2, -0.15) is 0 Å². The van der Waals surface area contributed by atoms with Crippen molar-refractivity contribution in [3.63, 3.8) is 0 Å². The SMILES string of the molecule is Cl.NCCC(=O)NCCc1cccc(Cl)c1. The third-order valence-electron chi connectivity index (χ3n) is 2.00. The predicted molar refractivity (Wildman–Crippen MR) is 69.1 cm³/mol. The van der Waals surface area contributed by atoms with Gasteiger partial charge >= 0.3 is 0 Å². The average Bonchev–Trinajstić information content (AvgIpc) is 2.18. The van der Waals surface area contributed by atoms with Crippen LogP contribution in [0.15, 0.2) is 24.3 Å². The zero-order valence-corrected chi connectivity index (χ0v) is 10.5. The van der Waals surface area contributed by atoms with Crippen molar-refractivity contribution in [3.8, 4) is 0 Å². The van der Waals surface area contributed by atoms with Crippen LogP contribution < -0.4 is 11.1 Å². The van der Waals surface area contributed by atoms with Gasteiger partial charge in [0.1, 0.15) is 0 Å². The molecule has 0 heterocycles. The predicted octanol–water partition coefficient (Wildman–Crippen LogP) is 1.77. The average molecular weight is 263 g/mol. The van der Waals surface area contributed by atoms with Crippen molar-refractivity contribution in [2.75, 3.05) is 13.1 Å². The molecule has 0 spiro atoms. The molecule has 0 fully saturated rings. The smallest absolute Gasteiger partial charge is 0.221 e. The number of nitrogens with one attached hydrogen (secondary N) is 1. The number of hydrogen-bond donors (Lipinski definition) is 2. The summed E-state index contributed by atoms with van der Waals surface area (Å²) in [6.07, 6.45) is 1.17. The van der Waals surface area contributed by atoms with E-state index in [1.165, 1.54) is 0 Å². The van der Waals surface area contributed by atoms with E-state index in [4.69, 9.17) is 17.3 Å². The molecule has 1 aromatic rings. The molecule has 0 radical (unpaired) electrons. The Hall–Kier alpha value is -0.770. The van der Waals surface area contributed by atoms with Crippen LogP contribution in [0.5, 0.6) is 0 Å². The molecule has 0 saturated heterocycles. The van der Waals surface area contributed by atoms with Crippen molar-refractivity contribution in [1.29, 1.82) is 0 Å². The van der Waals surface area contributed by atoms with Crippen molar-refractivity contribution in [3.05, 3.63) is 34.9 Å². The first kappa shape index (κ1) is 15.2. The fraction of sp³-hybridized carbons (Fsp3) is 0.364. The molecule has 90 valence electrons. The molecule has 0 bridgehead atoms. The number of nitrogens with two attached hydrogens (primary N) is 1. The molecule has 1 rings (SSSR count). The molecule has 16 heavy (non-hydrogen) atoms. The Kier molecular flexibility index (Phi) is 7.99. The van der Waals surface area contributed by atoms with Gasteiger partial charge in [-0.3, -0.25) is 4.79 Å². The minimum absolute atomic E-state index is 0. The van der Waals surface area contributed by atoms with Crippen LogP contribution in [0.1, 0.15) is 12.0 Å². The molecule has 0 unspecified atom stereocenters. The number of benzene rings is 1. The van der Waals surface area contributed by atoms with Gasteiger partial charge in [0.25, 0.3) is 0 Å². The second-order valence-electron chi connectivity index (χ2n) is 3.27. The molecule has 0 aliphatic heterocycles. The Morgan fingerprint density at radius 1 is 1.44 bits per heavy atom. The summed E-state index contributed by atoms with van der Waals surface area (Å²) in [5.74, 6) is -0.000437. The highest BCUT2D eigenvalue weighted by atomic mass is 35.5. The summed E-state index contributed by atoms with van der Waals surface area (Å²) >= 11 is 5.83. The van der Waals surface area contributed by atoms with Crippen LogP contribution in [-0.4, -0.2) is 19.0 Å². The zero-order valence-electron chi connectivity index (χ0n) is 8.91. The van der Waals surface area contributed by atoms with Gasteiger partial charge in [0.05, 0.1) is 0 Å². The van der Waals surface area contributed by atoms with Gasteiger partial charge in [0.2, 0.25) is 5.91 Å². The van der Waals surface area contributed by atoms with E-state index < -0.39 is 0 Å². The van der Waals surface area contributed by atoms with Crippen LogP contribution in [-0.2, 0) is 11.2 Å². The highest BCUT2D eigenvalue weighted by Crippen LogP contribution is 2.10. The monoisotopic (exact) mass is 262 g/mol. The maximum atomic E-state index is 11.1. The van der Waals surface area contributed by atoms with Crippen LogP contribution in [0.25, 0.3) is 0 Å². The summed E-state index contributed by atoms with van der Waals surface area (Å²) in [4.78, 5) is 11.1. The van der Waals surface area contributed by atoms with E-state index in [2.05, 4.69) is 5.32 Å². The van der Waals surface area contributed by atoms with E-state index in [9.17, 15) is 4.79 Å². The van der Waals surface area contributed by atoms with E-state index in [0.717, 1.165) is 17.0 Å². The van der Waals surface area contributed by atoms with Crippen LogP contribution >= 0.6 is 24.0 Å². The van der Waals surface area contributed by atoms with E-state index >= 15 is 0 Å². The number of hydrogen-bond acceptors (Lipinski definition) is 2. The number of carbonyl (C=O) groups is 1. The maximum Gasteiger partial charge on any atom is 0.221 e. The molecule has 3 nitrogen and oxygen atoms in total. The van der Waals surface area contributed by atoms with E-state index in [-0.39, 0.29) is 18.3 Å². The lowest BCUT2D eigenvalue weighted by molar-refractivity contribution is -0.120. The lowest BCUT2D eigenvalue weighted by Crippen LogP contribution is -2.27. The van der Waals surface area contributed by atoms with Gasteiger partial charge in [0, 0.05) is 24.5 Å². The van der Waals surface area contributed by atoms with Gasteiger partial charge in [-0.25, -0.2) is 0 Å². The fourth-order valence-corrected chi connectivity index (χ4v) is 1.47. The van der Waals surface area contributed by atoms with E-state index in [1.807, 2.05) is 24.3 Å². The summed E-state index contributed by atoms with van der Waals surface area (Å²) < 4.78 is 0. The summed E-state index contributed by atoms with van der Waals surface area (Å²) in [7, 11) is 0. The van der Waals surface area contributed by atoms with E-state index in [1.54, 1.807) is 0 Å². The molecule has 0 aliphatic rings. The minimum Gasteiger partial charge on any atom is -0.356 e. The first-order chi connectivity index (χ1) is 7.22. The van der Waals surface area contributed by atoms with Crippen molar-refractivity contribution in [2.24, 2.45) is 5.73 Å². The van der Waals surface area contributed by atoms with Crippen molar-refractivity contribution in [1.82, 2.24) is 5.32 Å². The lowest BCUT2D eigenvalue weighted by atomic mass is 10.1. The quantitative estimate of drug-likeness (QED) is 0.850. The fourth-order valence-electron chi connectivity index (χ4n) is 1.26. The molecule has 5 heteroatoms. The third kappa shape index (κ3) is 5.95. The molecule has 0 aromatic heterocycles. The van der Waals surface area contributed by atoms with E-state index in [0.29, 0.717) is 19.5 Å². The maximum absolute atomic E-state index is 11.1. The lowest BCUT2D eigenvalue weighted by Gasteiger charge is -2.04. The Labute approximate surface area is 107 Å². The minimum atomic E-state index is -0.000437.